The van der Waals surface area contributed by atoms with Crippen LogP contribution in [0.3, 0.4) is 0 Å². The van der Waals surface area contributed by atoms with Crippen molar-refractivity contribution in [1.82, 2.24) is 10.0 Å². The third-order valence-electron chi connectivity index (χ3n) is 7.39. The predicted octanol–water partition coefficient (Wildman–Crippen LogP) is 5.16. The van der Waals surface area contributed by atoms with Crippen LogP contribution in [0.4, 0.5) is 14.5 Å². The highest BCUT2D eigenvalue weighted by Gasteiger charge is 2.50. The summed E-state index contributed by atoms with van der Waals surface area (Å²) < 4.78 is 69.7. The number of fused-ring (bicyclic) bond motifs is 1. The molecule has 0 aromatic heterocycles. The van der Waals surface area contributed by atoms with Crippen LogP contribution in [0.5, 0.6) is 0 Å². The van der Waals surface area contributed by atoms with Crippen molar-refractivity contribution in [2.24, 2.45) is 0 Å². The monoisotopic (exact) mass is 659 g/mol. The number of sulfonamides is 1. The van der Waals surface area contributed by atoms with E-state index in [-0.39, 0.29) is 17.9 Å². The van der Waals surface area contributed by atoms with Gasteiger partial charge in [0.2, 0.25) is 15.9 Å². The van der Waals surface area contributed by atoms with Crippen LogP contribution < -0.4 is 14.9 Å². The minimum Gasteiger partial charge on any atom is -0.377 e. The molecule has 1 atom stereocenters. The van der Waals surface area contributed by atoms with Gasteiger partial charge in [0.15, 0.2) is 0 Å². The summed E-state index contributed by atoms with van der Waals surface area (Å²) in [7, 11) is -6.35. The fourth-order valence-electron chi connectivity index (χ4n) is 5.01. The number of alkyl halides is 2. The summed E-state index contributed by atoms with van der Waals surface area (Å²) in [6.45, 7) is 0.289. The Hall–Kier alpha value is -3.67. The standard InChI is InChI=1S/C32H36F2N3O6PS/c1-37(2)29-15-8-14-27-26(29)13-9-16-30(27)45(42,43)36-28(31(38)35-21-7-6-12-23-10-4-3-5-11-23)22-24-17-19-25(20-18-24)32(33,34)44(39,40)41/h3-5,8-11,13-20,28,36H,6-7,12,21-22H2,1-2H3,(H,35,38)(H2,39,40,41)/t28-/m0/s1. The zero-order valence-corrected chi connectivity index (χ0v) is 26.6. The summed E-state index contributed by atoms with van der Waals surface area (Å²) >= 11 is 0. The third-order valence-corrected chi connectivity index (χ3v) is 9.91. The first-order chi connectivity index (χ1) is 21.2. The molecule has 0 heterocycles. The minimum absolute atomic E-state index is 0.0269. The SMILES string of the molecule is CN(C)c1cccc2c(S(=O)(=O)N[C@@H](Cc3ccc(C(F)(F)P(=O)(O)O)cc3)C(=O)NCCCCc3ccccc3)cccc12. The lowest BCUT2D eigenvalue weighted by Gasteiger charge is -2.21. The maximum absolute atomic E-state index is 14.2. The Kier molecular flexibility index (Phi) is 10.8. The summed E-state index contributed by atoms with van der Waals surface area (Å²) in [4.78, 5) is 33.3. The zero-order chi connectivity index (χ0) is 32.8. The summed E-state index contributed by atoms with van der Waals surface area (Å²) in [5.74, 6) is -0.600. The molecule has 4 N–H and O–H groups in total. The van der Waals surface area contributed by atoms with E-state index in [1.807, 2.05) is 55.4 Å². The number of carbonyl (C=O) groups excluding carboxylic acids is 1. The van der Waals surface area contributed by atoms with Gasteiger partial charge in [0.05, 0.1) is 4.90 Å². The van der Waals surface area contributed by atoms with Gasteiger partial charge < -0.3 is 20.0 Å². The highest BCUT2D eigenvalue weighted by Crippen LogP contribution is 2.59. The average Bonchev–Trinajstić information content (AvgIpc) is 3.00. The zero-order valence-electron chi connectivity index (χ0n) is 24.9. The van der Waals surface area contributed by atoms with E-state index in [0.29, 0.717) is 22.8 Å². The summed E-state index contributed by atoms with van der Waals surface area (Å²) in [6.07, 6.45) is 2.04. The van der Waals surface area contributed by atoms with Gasteiger partial charge in [-0.25, -0.2) is 8.42 Å². The molecule has 0 unspecified atom stereocenters. The van der Waals surface area contributed by atoms with E-state index in [2.05, 4.69) is 10.0 Å². The second kappa shape index (κ2) is 14.2. The van der Waals surface area contributed by atoms with Gasteiger partial charge in [-0.05, 0) is 48.9 Å². The normalized spacial score (nSPS) is 13.0. The predicted molar refractivity (Wildman–Crippen MR) is 171 cm³/mol. The number of rotatable bonds is 14. The molecule has 1 amide bonds. The molecular weight excluding hydrogens is 623 g/mol. The summed E-state index contributed by atoms with van der Waals surface area (Å²) in [5.41, 5.74) is -3.02. The highest BCUT2D eigenvalue weighted by atomic mass is 32.2. The van der Waals surface area contributed by atoms with Gasteiger partial charge in [-0.2, -0.15) is 13.5 Å². The molecule has 0 aliphatic heterocycles. The van der Waals surface area contributed by atoms with Crippen LogP contribution in [-0.4, -0.2) is 50.8 Å². The highest BCUT2D eigenvalue weighted by molar-refractivity contribution is 7.89. The van der Waals surface area contributed by atoms with Crippen LogP contribution in [0.1, 0.15) is 29.5 Å². The van der Waals surface area contributed by atoms with Crippen molar-refractivity contribution in [3.8, 4) is 0 Å². The van der Waals surface area contributed by atoms with Crippen LogP contribution in [0.25, 0.3) is 10.8 Å². The molecule has 0 bridgehead atoms. The van der Waals surface area contributed by atoms with Crippen LogP contribution in [0, 0.1) is 0 Å². The molecule has 45 heavy (non-hydrogen) atoms. The van der Waals surface area contributed by atoms with E-state index in [1.165, 1.54) is 18.2 Å². The van der Waals surface area contributed by atoms with Crippen molar-refractivity contribution in [1.29, 1.82) is 0 Å². The molecule has 0 spiro atoms. The van der Waals surface area contributed by atoms with Crippen molar-refractivity contribution in [3.05, 3.63) is 108 Å². The lowest BCUT2D eigenvalue weighted by Crippen LogP contribution is -2.48. The van der Waals surface area contributed by atoms with Crippen LogP contribution in [0.15, 0.2) is 95.9 Å². The Balaban J connectivity index is 1.57. The molecular formula is C32H36F2N3O6PS. The number of hydrogen-bond acceptors (Lipinski definition) is 5. The van der Waals surface area contributed by atoms with E-state index in [9.17, 15) is 26.6 Å². The first-order valence-electron chi connectivity index (χ1n) is 14.3. The topological polar surface area (TPSA) is 136 Å². The Morgan fingerprint density at radius 2 is 1.51 bits per heavy atom. The fourth-order valence-corrected chi connectivity index (χ4v) is 6.91. The van der Waals surface area contributed by atoms with Gasteiger partial charge in [-0.15, -0.1) is 0 Å². The molecule has 240 valence electrons. The molecule has 4 aromatic rings. The van der Waals surface area contributed by atoms with Gasteiger partial charge in [0.25, 0.3) is 0 Å². The van der Waals surface area contributed by atoms with Crippen molar-refractivity contribution >= 4 is 40.0 Å². The molecule has 0 aliphatic carbocycles. The first-order valence-corrected chi connectivity index (χ1v) is 17.4. The van der Waals surface area contributed by atoms with Gasteiger partial charge in [-0.1, -0.05) is 78.9 Å². The molecule has 0 radical (unpaired) electrons. The third kappa shape index (κ3) is 8.33. The summed E-state index contributed by atoms with van der Waals surface area (Å²) in [6, 6.07) is 22.8. The van der Waals surface area contributed by atoms with Crippen molar-refractivity contribution in [2.45, 2.75) is 42.3 Å². The number of hydrogen-bond donors (Lipinski definition) is 4. The maximum Gasteiger partial charge on any atom is 0.399 e. The number of nitrogens with zero attached hydrogens (tertiary/aromatic N) is 1. The Morgan fingerprint density at radius 1 is 0.867 bits per heavy atom. The molecule has 0 fully saturated rings. The van der Waals surface area contributed by atoms with E-state index < -0.39 is 40.8 Å². The molecule has 0 aliphatic rings. The van der Waals surface area contributed by atoms with E-state index >= 15 is 0 Å². The van der Waals surface area contributed by atoms with E-state index in [4.69, 9.17) is 9.79 Å². The number of aryl methyl sites for hydroxylation is 1. The number of unbranched alkanes of at least 4 members (excludes halogenated alkanes) is 1. The minimum atomic E-state index is -5.77. The van der Waals surface area contributed by atoms with Gasteiger partial charge in [0.1, 0.15) is 6.04 Å². The molecule has 0 saturated heterocycles. The maximum atomic E-state index is 14.2. The quantitative estimate of drug-likeness (QED) is 0.108. The Morgan fingerprint density at radius 3 is 2.16 bits per heavy atom. The van der Waals surface area contributed by atoms with Crippen LogP contribution in [0.2, 0.25) is 0 Å². The number of benzene rings is 4. The van der Waals surface area contributed by atoms with E-state index in [0.717, 1.165) is 36.2 Å². The molecule has 9 nitrogen and oxygen atoms in total. The van der Waals surface area contributed by atoms with Crippen molar-refractivity contribution in [3.63, 3.8) is 0 Å². The number of nitrogens with one attached hydrogen (secondary N) is 2. The molecule has 4 rings (SSSR count). The number of halogens is 2. The summed E-state index contributed by atoms with van der Waals surface area (Å²) in [5, 5.41) is 3.94. The first kappa shape index (κ1) is 34.2. The lowest BCUT2D eigenvalue weighted by molar-refractivity contribution is -0.122. The van der Waals surface area contributed by atoms with Gasteiger partial charge in [-0.3, -0.25) is 9.36 Å². The Bertz CT molecular complexity index is 1780. The average molecular weight is 660 g/mol. The van der Waals surface area contributed by atoms with Gasteiger partial charge in [0, 0.05) is 42.7 Å². The molecule has 4 aromatic carbocycles. The second-order valence-electron chi connectivity index (χ2n) is 10.9. The van der Waals surface area contributed by atoms with Crippen LogP contribution in [-0.2, 0) is 37.9 Å². The number of carbonyl (C=O) groups is 1. The fraction of sp³-hybridized carbons (Fsp3) is 0.281. The van der Waals surface area contributed by atoms with Crippen molar-refractivity contribution in [2.75, 3.05) is 25.5 Å². The number of amides is 1. The smallest absolute Gasteiger partial charge is 0.377 e. The lowest BCUT2D eigenvalue weighted by atomic mass is 10.0. The van der Waals surface area contributed by atoms with Crippen molar-refractivity contribution < 1.29 is 36.3 Å². The van der Waals surface area contributed by atoms with Gasteiger partial charge >= 0.3 is 13.3 Å². The molecule has 13 heteroatoms. The van der Waals surface area contributed by atoms with Crippen LogP contribution >= 0.6 is 7.60 Å². The van der Waals surface area contributed by atoms with E-state index in [1.54, 1.807) is 24.3 Å². The Labute approximate surface area is 261 Å². The molecule has 0 saturated carbocycles. The second-order valence-corrected chi connectivity index (χ2v) is 14.2. The largest absolute Gasteiger partial charge is 0.399 e. The number of anilines is 1.